The van der Waals surface area contributed by atoms with E-state index >= 15 is 0 Å². The zero-order valence-electron chi connectivity index (χ0n) is 26.5. The van der Waals surface area contributed by atoms with E-state index in [-0.39, 0.29) is 11.9 Å². The highest BCUT2D eigenvalue weighted by atomic mass is 19.1. The SMILES string of the molecule is CCCC=Nc1cc(-c2ccc3c(c2)N(C2CC(CCC)C2)C(=O)C32CCNCC2)nc(Nc2cc(CC)ncc2F)c1C. The van der Waals surface area contributed by atoms with Gasteiger partial charge in [-0.1, -0.05) is 52.2 Å². The standard InChI is InChI=1S/C36H45FN6O/c1-5-8-14-39-30-21-31(41-34(23(30)4)42-32-20-26(7-3)40-22-29(32)37)25-10-11-28-33(19-25)43(27-17-24(18-27)9-6-2)35(44)36(28)12-15-38-16-13-36/h10-11,14,19-22,24,27,38H,5-9,12-13,15-18H2,1-4H3,(H,40,41,42). The molecule has 1 aliphatic carbocycles. The molecule has 2 N–H and O–H groups in total. The first-order chi connectivity index (χ1) is 21.4. The number of fused-ring (bicyclic) bond motifs is 2. The van der Waals surface area contributed by atoms with E-state index in [4.69, 9.17) is 9.98 Å². The number of nitrogens with one attached hydrogen (secondary N) is 2. The molecule has 2 aromatic heterocycles. The van der Waals surface area contributed by atoms with Gasteiger partial charge in [-0.15, -0.1) is 0 Å². The number of unbranched alkanes of at least 4 members (excludes halogenated alkanes) is 1. The zero-order valence-corrected chi connectivity index (χ0v) is 26.5. The monoisotopic (exact) mass is 596 g/mol. The van der Waals surface area contributed by atoms with Crippen molar-refractivity contribution < 1.29 is 9.18 Å². The van der Waals surface area contributed by atoms with Gasteiger partial charge in [0.1, 0.15) is 5.82 Å². The summed E-state index contributed by atoms with van der Waals surface area (Å²) in [4.78, 5) is 30.4. The van der Waals surface area contributed by atoms with Crippen LogP contribution in [0.4, 0.5) is 27.3 Å². The third-order valence-electron chi connectivity index (χ3n) is 9.85. The summed E-state index contributed by atoms with van der Waals surface area (Å²) in [6, 6.07) is 10.4. The number of amides is 1. The molecule has 1 saturated heterocycles. The number of hydrogen-bond acceptors (Lipinski definition) is 6. The van der Waals surface area contributed by atoms with Crippen LogP contribution in [0.25, 0.3) is 11.3 Å². The van der Waals surface area contributed by atoms with E-state index in [9.17, 15) is 9.18 Å². The Hall–Kier alpha value is -3.65. The lowest BCUT2D eigenvalue weighted by Gasteiger charge is -2.43. The molecule has 3 aromatic rings. The van der Waals surface area contributed by atoms with Crippen LogP contribution in [0.3, 0.4) is 0 Å². The summed E-state index contributed by atoms with van der Waals surface area (Å²) in [6.07, 6.45) is 12.0. The number of nitrogens with zero attached hydrogens (tertiary/aromatic N) is 4. The molecule has 1 amide bonds. The van der Waals surface area contributed by atoms with Gasteiger partial charge in [0.25, 0.3) is 0 Å². The Kier molecular flexibility index (Phi) is 8.81. The van der Waals surface area contributed by atoms with Gasteiger partial charge in [0, 0.05) is 34.8 Å². The van der Waals surface area contributed by atoms with Crippen molar-refractivity contribution in [1.29, 1.82) is 0 Å². The van der Waals surface area contributed by atoms with Gasteiger partial charge < -0.3 is 15.5 Å². The predicted octanol–water partition coefficient (Wildman–Crippen LogP) is 7.95. The molecule has 8 heteroatoms. The molecule has 4 heterocycles. The summed E-state index contributed by atoms with van der Waals surface area (Å²) >= 11 is 0. The van der Waals surface area contributed by atoms with Gasteiger partial charge >= 0.3 is 0 Å². The predicted molar refractivity (Wildman–Crippen MR) is 177 cm³/mol. The first-order valence-electron chi connectivity index (χ1n) is 16.5. The molecule has 1 saturated carbocycles. The van der Waals surface area contributed by atoms with Crippen molar-refractivity contribution >= 4 is 35.0 Å². The zero-order chi connectivity index (χ0) is 30.8. The third-order valence-corrected chi connectivity index (χ3v) is 9.85. The molecule has 1 spiro atoms. The maximum Gasteiger partial charge on any atom is 0.238 e. The molecular weight excluding hydrogens is 551 g/mol. The number of hydrogen-bond donors (Lipinski definition) is 2. The average molecular weight is 597 g/mol. The number of aromatic nitrogens is 2. The van der Waals surface area contributed by atoms with Crippen molar-refractivity contribution in [1.82, 2.24) is 15.3 Å². The topological polar surface area (TPSA) is 82.5 Å². The van der Waals surface area contributed by atoms with Crippen molar-refractivity contribution in [3.63, 3.8) is 0 Å². The highest BCUT2D eigenvalue weighted by Gasteiger charge is 2.54. The van der Waals surface area contributed by atoms with Crippen LogP contribution in [0.2, 0.25) is 0 Å². The largest absolute Gasteiger partial charge is 0.337 e. The number of halogens is 1. The minimum Gasteiger partial charge on any atom is -0.337 e. The Morgan fingerprint density at radius 1 is 1.14 bits per heavy atom. The third kappa shape index (κ3) is 5.53. The minimum atomic E-state index is -0.451. The first-order valence-corrected chi connectivity index (χ1v) is 16.5. The molecule has 0 radical (unpaired) electrons. The van der Waals surface area contributed by atoms with Gasteiger partial charge in [-0.3, -0.25) is 14.8 Å². The average Bonchev–Trinajstić information content (AvgIpc) is 3.24. The molecule has 6 rings (SSSR count). The van der Waals surface area contributed by atoms with E-state index in [1.807, 2.05) is 26.1 Å². The Bertz CT molecular complexity index is 1560. The van der Waals surface area contributed by atoms with E-state index in [0.717, 1.165) is 91.1 Å². The van der Waals surface area contributed by atoms with Crippen LogP contribution in [0.5, 0.6) is 0 Å². The van der Waals surface area contributed by atoms with Gasteiger partial charge in [0.15, 0.2) is 5.82 Å². The fourth-order valence-corrected chi connectivity index (χ4v) is 7.19. The lowest BCUT2D eigenvalue weighted by molar-refractivity contribution is -0.125. The normalized spacial score (nSPS) is 20.8. The van der Waals surface area contributed by atoms with E-state index < -0.39 is 11.2 Å². The van der Waals surface area contributed by atoms with Crippen molar-refractivity contribution in [2.45, 2.75) is 96.9 Å². The number of benzene rings is 1. The number of anilines is 3. The van der Waals surface area contributed by atoms with Crippen LogP contribution < -0.4 is 15.5 Å². The molecule has 232 valence electrons. The smallest absolute Gasteiger partial charge is 0.238 e. The summed E-state index contributed by atoms with van der Waals surface area (Å²) in [7, 11) is 0. The number of rotatable bonds is 10. The molecule has 0 atom stereocenters. The summed E-state index contributed by atoms with van der Waals surface area (Å²) in [5.41, 5.74) is 6.20. The summed E-state index contributed by atoms with van der Waals surface area (Å²) in [5.74, 6) is 1.11. The lowest BCUT2D eigenvalue weighted by Crippen LogP contribution is -2.53. The van der Waals surface area contributed by atoms with Gasteiger partial charge in [-0.25, -0.2) is 9.37 Å². The Morgan fingerprint density at radius 2 is 1.93 bits per heavy atom. The fourth-order valence-electron chi connectivity index (χ4n) is 7.19. The maximum absolute atomic E-state index is 14.9. The van der Waals surface area contributed by atoms with Crippen molar-refractivity contribution in [2.24, 2.45) is 10.9 Å². The van der Waals surface area contributed by atoms with E-state index in [1.54, 1.807) is 6.07 Å². The Balaban J connectivity index is 1.43. The van der Waals surface area contributed by atoms with E-state index in [2.05, 4.69) is 52.6 Å². The Labute approximate surface area is 260 Å². The fraction of sp³-hybridized carbons (Fsp3) is 0.500. The van der Waals surface area contributed by atoms with Crippen LogP contribution in [-0.4, -0.2) is 41.2 Å². The minimum absolute atomic E-state index is 0.252. The molecule has 3 aliphatic rings. The van der Waals surface area contributed by atoms with Crippen molar-refractivity contribution in [2.75, 3.05) is 23.3 Å². The van der Waals surface area contributed by atoms with Crippen LogP contribution in [0.1, 0.15) is 89.0 Å². The maximum atomic E-state index is 14.9. The van der Waals surface area contributed by atoms with Gasteiger partial charge in [0.2, 0.25) is 5.91 Å². The molecule has 1 aromatic carbocycles. The van der Waals surface area contributed by atoms with E-state index in [1.165, 1.54) is 19.0 Å². The quantitative estimate of drug-likeness (QED) is 0.232. The number of pyridine rings is 2. The summed E-state index contributed by atoms with van der Waals surface area (Å²) in [6.45, 7) is 10.0. The summed E-state index contributed by atoms with van der Waals surface area (Å²) in [5, 5.41) is 6.71. The van der Waals surface area contributed by atoms with Gasteiger partial charge in [-0.05, 0) is 88.2 Å². The van der Waals surface area contributed by atoms with Gasteiger partial charge in [0.05, 0.1) is 28.7 Å². The lowest BCUT2D eigenvalue weighted by atomic mass is 9.73. The van der Waals surface area contributed by atoms with Crippen LogP contribution in [0.15, 0.2) is 41.5 Å². The molecule has 0 unspecified atom stereocenters. The second-order valence-corrected chi connectivity index (χ2v) is 12.8. The van der Waals surface area contributed by atoms with E-state index in [0.29, 0.717) is 23.8 Å². The molecular formula is C36H45FN6O. The molecule has 2 aliphatic heterocycles. The molecule has 2 fully saturated rings. The van der Waals surface area contributed by atoms with Gasteiger partial charge in [-0.2, -0.15) is 0 Å². The van der Waals surface area contributed by atoms with Crippen molar-refractivity contribution in [3.05, 3.63) is 59.2 Å². The number of carbonyl (C=O) groups is 1. The highest BCUT2D eigenvalue weighted by molar-refractivity contribution is 6.09. The Morgan fingerprint density at radius 3 is 2.66 bits per heavy atom. The molecule has 7 nitrogen and oxygen atoms in total. The molecule has 44 heavy (non-hydrogen) atoms. The summed E-state index contributed by atoms with van der Waals surface area (Å²) < 4.78 is 14.9. The highest BCUT2D eigenvalue weighted by Crippen LogP contribution is 2.52. The van der Waals surface area contributed by atoms with Crippen LogP contribution >= 0.6 is 0 Å². The number of aliphatic imine (C=N–C) groups is 1. The van der Waals surface area contributed by atoms with Crippen LogP contribution in [-0.2, 0) is 16.6 Å². The second kappa shape index (κ2) is 12.8. The number of aryl methyl sites for hydroxylation is 1. The van der Waals surface area contributed by atoms with Crippen molar-refractivity contribution in [3.8, 4) is 11.3 Å². The number of carbonyl (C=O) groups excluding carboxylic acids is 1. The molecule has 0 bridgehead atoms. The number of piperidine rings is 1. The van der Waals surface area contributed by atoms with Crippen LogP contribution in [0, 0.1) is 18.7 Å². The first kappa shape index (κ1) is 30.4. The second-order valence-electron chi connectivity index (χ2n) is 12.8.